The summed E-state index contributed by atoms with van der Waals surface area (Å²) >= 11 is 0. The molecule has 0 radical (unpaired) electrons. The van der Waals surface area contributed by atoms with Gasteiger partial charge >= 0.3 is 0 Å². The van der Waals surface area contributed by atoms with Crippen LogP contribution in [0.2, 0.25) is 0 Å². The molecule has 0 aromatic carbocycles. The monoisotopic (exact) mass is 252 g/mol. The second kappa shape index (κ2) is 5.85. The van der Waals surface area contributed by atoms with Gasteiger partial charge in [0.05, 0.1) is 11.8 Å². The Bertz CT molecular complexity index is 364. The average Bonchev–Trinajstić information content (AvgIpc) is 2.71. The van der Waals surface area contributed by atoms with Crippen LogP contribution in [0.5, 0.6) is 0 Å². The second-order valence-electron chi connectivity index (χ2n) is 5.50. The van der Waals surface area contributed by atoms with E-state index in [2.05, 4.69) is 24.1 Å². The van der Waals surface area contributed by atoms with Gasteiger partial charge < -0.3 is 14.5 Å². The molecule has 1 aromatic heterocycles. The van der Waals surface area contributed by atoms with Gasteiger partial charge in [0, 0.05) is 32.5 Å². The topological polar surface area (TPSA) is 47.3 Å². The zero-order chi connectivity index (χ0) is 13.0. The molecule has 0 aliphatic heterocycles. The highest BCUT2D eigenvalue weighted by Gasteiger charge is 2.38. The van der Waals surface area contributed by atoms with Gasteiger partial charge in [0.2, 0.25) is 0 Å². The smallest absolute Gasteiger partial charge is 0.195 e. The van der Waals surface area contributed by atoms with Crippen LogP contribution < -0.4 is 5.32 Å². The number of hydrogen-bond donors (Lipinski definition) is 1. The first kappa shape index (κ1) is 13.6. The summed E-state index contributed by atoms with van der Waals surface area (Å²) in [6.45, 7) is 5.19. The molecule has 102 valence electrons. The van der Waals surface area contributed by atoms with E-state index in [1.165, 1.54) is 6.42 Å². The van der Waals surface area contributed by atoms with Crippen LogP contribution in [0.15, 0.2) is 10.6 Å². The standard InChI is InChI=1S/C14H24N2O2/c1-11(2)15-8-5-13-16-10-12(18-13)9-14(17-3)6-4-7-14/h10-11,15H,4-9H2,1-3H3. The fourth-order valence-electron chi connectivity index (χ4n) is 2.35. The molecule has 1 N–H and O–H groups in total. The Labute approximate surface area is 109 Å². The minimum absolute atomic E-state index is 0.0208. The maximum Gasteiger partial charge on any atom is 0.195 e. The van der Waals surface area contributed by atoms with E-state index in [0.29, 0.717) is 6.04 Å². The van der Waals surface area contributed by atoms with Gasteiger partial charge in [-0.25, -0.2) is 4.98 Å². The van der Waals surface area contributed by atoms with Crippen molar-refractivity contribution in [3.05, 3.63) is 17.8 Å². The maximum atomic E-state index is 5.77. The van der Waals surface area contributed by atoms with E-state index in [1.54, 1.807) is 7.11 Å². The normalized spacial score (nSPS) is 18.0. The zero-order valence-corrected chi connectivity index (χ0v) is 11.7. The van der Waals surface area contributed by atoms with Gasteiger partial charge in [-0.3, -0.25) is 0 Å². The molecule has 2 rings (SSSR count). The summed E-state index contributed by atoms with van der Waals surface area (Å²) in [5.74, 6) is 1.78. The Morgan fingerprint density at radius 3 is 2.83 bits per heavy atom. The minimum atomic E-state index is 0.0208. The molecule has 1 fully saturated rings. The zero-order valence-electron chi connectivity index (χ0n) is 11.7. The van der Waals surface area contributed by atoms with Crippen molar-refractivity contribution in [1.29, 1.82) is 0 Å². The minimum Gasteiger partial charge on any atom is -0.446 e. The Morgan fingerprint density at radius 2 is 2.28 bits per heavy atom. The molecule has 0 atom stereocenters. The van der Waals surface area contributed by atoms with Gasteiger partial charge in [-0.05, 0) is 19.3 Å². The summed E-state index contributed by atoms with van der Waals surface area (Å²) in [5, 5.41) is 3.36. The lowest BCUT2D eigenvalue weighted by atomic mass is 9.77. The van der Waals surface area contributed by atoms with Crippen LogP contribution in [0.3, 0.4) is 0 Å². The van der Waals surface area contributed by atoms with Gasteiger partial charge in [0.1, 0.15) is 5.76 Å². The Morgan fingerprint density at radius 1 is 1.50 bits per heavy atom. The van der Waals surface area contributed by atoms with E-state index in [9.17, 15) is 0 Å². The Balaban J connectivity index is 1.82. The van der Waals surface area contributed by atoms with Gasteiger partial charge in [0.25, 0.3) is 0 Å². The predicted molar refractivity (Wildman–Crippen MR) is 70.6 cm³/mol. The number of ether oxygens (including phenoxy) is 1. The van der Waals surface area contributed by atoms with Crippen LogP contribution in [0.4, 0.5) is 0 Å². The molecule has 1 heterocycles. The van der Waals surface area contributed by atoms with Crippen LogP contribution in [-0.2, 0) is 17.6 Å². The highest BCUT2D eigenvalue weighted by Crippen LogP contribution is 2.37. The number of aromatic nitrogens is 1. The van der Waals surface area contributed by atoms with E-state index in [4.69, 9.17) is 9.15 Å². The molecule has 18 heavy (non-hydrogen) atoms. The third-order valence-corrected chi connectivity index (χ3v) is 3.69. The third kappa shape index (κ3) is 3.33. The lowest BCUT2D eigenvalue weighted by Gasteiger charge is -2.39. The summed E-state index contributed by atoms with van der Waals surface area (Å²) in [6, 6.07) is 0.506. The van der Waals surface area contributed by atoms with Crippen LogP contribution in [0.25, 0.3) is 0 Å². The van der Waals surface area contributed by atoms with Crippen molar-refractivity contribution in [2.24, 2.45) is 0 Å². The second-order valence-corrected chi connectivity index (χ2v) is 5.50. The fraction of sp³-hybridized carbons (Fsp3) is 0.786. The van der Waals surface area contributed by atoms with Gasteiger partial charge in [-0.15, -0.1) is 0 Å². The van der Waals surface area contributed by atoms with Crippen molar-refractivity contribution in [2.45, 2.75) is 57.6 Å². The number of hydrogen-bond acceptors (Lipinski definition) is 4. The van der Waals surface area contributed by atoms with Crippen molar-refractivity contribution in [3.8, 4) is 0 Å². The lowest BCUT2D eigenvalue weighted by molar-refractivity contribution is -0.0738. The summed E-state index contributed by atoms with van der Waals surface area (Å²) in [6.07, 6.45) is 7.08. The van der Waals surface area contributed by atoms with Gasteiger partial charge in [-0.1, -0.05) is 13.8 Å². The molecule has 0 spiro atoms. The van der Waals surface area contributed by atoms with E-state index < -0.39 is 0 Å². The molecule has 0 saturated heterocycles. The van der Waals surface area contributed by atoms with E-state index in [-0.39, 0.29) is 5.60 Å². The van der Waals surface area contributed by atoms with Crippen LogP contribution in [0, 0.1) is 0 Å². The number of methoxy groups -OCH3 is 1. The van der Waals surface area contributed by atoms with Crippen molar-refractivity contribution in [1.82, 2.24) is 10.3 Å². The van der Waals surface area contributed by atoms with E-state index >= 15 is 0 Å². The number of nitrogens with zero attached hydrogens (tertiary/aromatic N) is 1. The Hall–Kier alpha value is -0.870. The quantitative estimate of drug-likeness (QED) is 0.809. The summed E-state index contributed by atoms with van der Waals surface area (Å²) in [7, 11) is 1.79. The van der Waals surface area contributed by atoms with Crippen molar-refractivity contribution in [3.63, 3.8) is 0 Å². The van der Waals surface area contributed by atoms with Crippen LogP contribution in [-0.4, -0.2) is 30.3 Å². The molecule has 0 amide bonds. The molecule has 1 aliphatic rings. The number of rotatable bonds is 7. The molecule has 4 nitrogen and oxygen atoms in total. The fourth-order valence-corrected chi connectivity index (χ4v) is 2.35. The van der Waals surface area contributed by atoms with Crippen LogP contribution in [0.1, 0.15) is 44.8 Å². The van der Waals surface area contributed by atoms with Crippen LogP contribution >= 0.6 is 0 Å². The largest absolute Gasteiger partial charge is 0.446 e. The molecular weight excluding hydrogens is 228 g/mol. The van der Waals surface area contributed by atoms with Crippen molar-refractivity contribution >= 4 is 0 Å². The first-order chi connectivity index (χ1) is 8.63. The van der Waals surface area contributed by atoms with E-state index in [0.717, 1.165) is 43.9 Å². The lowest BCUT2D eigenvalue weighted by Crippen LogP contribution is -2.41. The first-order valence-corrected chi connectivity index (χ1v) is 6.86. The highest BCUT2D eigenvalue weighted by molar-refractivity contribution is 5.04. The predicted octanol–water partition coefficient (Wildman–Crippen LogP) is 2.33. The average molecular weight is 252 g/mol. The summed E-state index contributed by atoms with van der Waals surface area (Å²) in [4.78, 5) is 4.33. The number of nitrogens with one attached hydrogen (secondary N) is 1. The SMILES string of the molecule is COC1(Cc2cnc(CCNC(C)C)o2)CCC1. The molecule has 1 aromatic rings. The Kier molecular flexibility index (Phi) is 4.40. The van der Waals surface area contributed by atoms with Crippen molar-refractivity contribution in [2.75, 3.05) is 13.7 Å². The first-order valence-electron chi connectivity index (χ1n) is 6.86. The van der Waals surface area contributed by atoms with Crippen molar-refractivity contribution < 1.29 is 9.15 Å². The summed E-state index contributed by atoms with van der Waals surface area (Å²) in [5.41, 5.74) is 0.0208. The molecule has 1 saturated carbocycles. The maximum absolute atomic E-state index is 5.77. The molecule has 1 aliphatic carbocycles. The summed E-state index contributed by atoms with van der Waals surface area (Å²) < 4.78 is 11.4. The molecule has 4 heteroatoms. The number of oxazole rings is 1. The third-order valence-electron chi connectivity index (χ3n) is 3.69. The molecule has 0 unspecified atom stereocenters. The highest BCUT2D eigenvalue weighted by atomic mass is 16.5. The molecular formula is C14H24N2O2. The molecule has 0 bridgehead atoms. The van der Waals surface area contributed by atoms with Gasteiger partial charge in [0.15, 0.2) is 5.89 Å². The van der Waals surface area contributed by atoms with Gasteiger partial charge in [-0.2, -0.15) is 0 Å². The van der Waals surface area contributed by atoms with E-state index in [1.807, 2.05) is 6.20 Å².